The molecule has 0 N–H and O–H groups in total. The number of aromatic nitrogens is 3. The Kier molecular flexibility index (Phi) is 3.38. The molecule has 0 unspecified atom stereocenters. The van der Waals surface area contributed by atoms with Crippen molar-refractivity contribution in [2.45, 2.75) is 6.18 Å². The van der Waals surface area contributed by atoms with Crippen molar-refractivity contribution >= 4 is 16.3 Å². The molecule has 4 aromatic rings. The Morgan fingerprint density at radius 2 is 1.58 bits per heavy atom. The van der Waals surface area contributed by atoms with E-state index in [1.54, 1.807) is 4.52 Å². The first-order valence-electron chi connectivity index (χ1n) is 7.09. The van der Waals surface area contributed by atoms with Crippen LogP contribution in [0.1, 0.15) is 5.56 Å². The molecule has 0 amide bonds. The molecule has 0 aliphatic heterocycles. The number of halogens is 3. The summed E-state index contributed by atoms with van der Waals surface area (Å²) in [5, 5.41) is 4.23. The van der Waals surface area contributed by atoms with Gasteiger partial charge in [0.15, 0.2) is 0 Å². The third kappa shape index (κ3) is 2.46. The Morgan fingerprint density at radius 1 is 0.875 bits per heavy atom. The van der Waals surface area contributed by atoms with Crippen molar-refractivity contribution in [3.8, 4) is 21.7 Å². The zero-order chi connectivity index (χ0) is 16.7. The molecule has 0 atom stereocenters. The van der Waals surface area contributed by atoms with Crippen molar-refractivity contribution in [1.82, 2.24) is 14.6 Å². The van der Waals surface area contributed by atoms with Gasteiger partial charge in [-0.1, -0.05) is 53.8 Å². The highest BCUT2D eigenvalue weighted by molar-refractivity contribution is 7.20. The van der Waals surface area contributed by atoms with Gasteiger partial charge >= 0.3 is 6.18 Å². The van der Waals surface area contributed by atoms with Crippen molar-refractivity contribution in [2.24, 2.45) is 0 Å². The van der Waals surface area contributed by atoms with Gasteiger partial charge in [0.1, 0.15) is 6.33 Å². The van der Waals surface area contributed by atoms with Crippen molar-refractivity contribution < 1.29 is 13.2 Å². The first-order chi connectivity index (χ1) is 11.5. The zero-order valence-corrected chi connectivity index (χ0v) is 13.0. The quantitative estimate of drug-likeness (QED) is 0.503. The third-order valence-corrected chi connectivity index (χ3v) is 4.75. The van der Waals surface area contributed by atoms with E-state index in [0.29, 0.717) is 10.5 Å². The highest BCUT2D eigenvalue weighted by atomic mass is 32.1. The molecule has 2 aromatic heterocycles. The minimum Gasteiger partial charge on any atom is -0.206 e. The predicted octanol–water partition coefficient (Wildman–Crippen LogP) is 5.14. The van der Waals surface area contributed by atoms with E-state index in [1.807, 2.05) is 30.3 Å². The Hall–Kier alpha value is -2.67. The number of benzene rings is 2. The smallest absolute Gasteiger partial charge is 0.206 e. The topological polar surface area (TPSA) is 30.2 Å². The van der Waals surface area contributed by atoms with Crippen molar-refractivity contribution in [1.29, 1.82) is 0 Å². The van der Waals surface area contributed by atoms with Gasteiger partial charge in [0, 0.05) is 5.56 Å². The second-order valence-corrected chi connectivity index (χ2v) is 6.15. The Bertz CT molecular complexity index is 986. The number of fused-ring (bicyclic) bond motifs is 1. The van der Waals surface area contributed by atoms with Gasteiger partial charge in [0.05, 0.1) is 16.1 Å². The van der Waals surface area contributed by atoms with Crippen LogP contribution in [0.25, 0.3) is 26.7 Å². The lowest BCUT2D eigenvalue weighted by atomic mass is 10.1. The van der Waals surface area contributed by atoms with Gasteiger partial charge in [-0.3, -0.25) is 0 Å². The van der Waals surface area contributed by atoms with Crippen LogP contribution in [-0.2, 0) is 6.18 Å². The van der Waals surface area contributed by atoms with Crippen LogP contribution in [-0.4, -0.2) is 14.6 Å². The third-order valence-electron chi connectivity index (χ3n) is 3.66. The second kappa shape index (κ2) is 5.45. The van der Waals surface area contributed by atoms with E-state index in [-0.39, 0.29) is 0 Å². The molecule has 2 heterocycles. The molecule has 0 bridgehead atoms. The molecule has 0 radical (unpaired) electrons. The molecule has 24 heavy (non-hydrogen) atoms. The zero-order valence-electron chi connectivity index (χ0n) is 12.2. The summed E-state index contributed by atoms with van der Waals surface area (Å²) in [5.41, 5.74) is 1.81. The van der Waals surface area contributed by atoms with Crippen LogP contribution in [0, 0.1) is 0 Å². The van der Waals surface area contributed by atoms with E-state index in [0.717, 1.165) is 28.3 Å². The van der Waals surface area contributed by atoms with Crippen LogP contribution in [0.5, 0.6) is 0 Å². The average molecular weight is 345 g/mol. The maximum absolute atomic E-state index is 12.8. The Balaban J connectivity index is 1.90. The lowest BCUT2D eigenvalue weighted by Crippen LogP contribution is -2.04. The molecule has 0 saturated carbocycles. The highest BCUT2D eigenvalue weighted by Gasteiger charge is 2.30. The number of hydrogen-bond donors (Lipinski definition) is 0. The highest BCUT2D eigenvalue weighted by Crippen LogP contribution is 2.39. The average Bonchev–Trinajstić information content (AvgIpc) is 3.15. The molecular weight excluding hydrogens is 335 g/mol. The van der Waals surface area contributed by atoms with Crippen LogP contribution < -0.4 is 0 Å². The van der Waals surface area contributed by atoms with Crippen molar-refractivity contribution in [2.75, 3.05) is 0 Å². The standard InChI is InChI=1S/C17H10F3N3S/c18-17(19,20)13-8-6-12(7-9-13)15-14(11-4-2-1-3-5-11)23-16(24-15)21-10-22-23/h1-10H. The first kappa shape index (κ1) is 14.9. The molecule has 4 rings (SSSR count). The molecule has 7 heteroatoms. The van der Waals surface area contributed by atoms with E-state index in [2.05, 4.69) is 10.1 Å². The first-order valence-corrected chi connectivity index (χ1v) is 7.91. The van der Waals surface area contributed by atoms with E-state index >= 15 is 0 Å². The van der Waals surface area contributed by atoms with E-state index in [4.69, 9.17) is 0 Å². The predicted molar refractivity (Wildman–Crippen MR) is 86.7 cm³/mol. The van der Waals surface area contributed by atoms with Gasteiger partial charge < -0.3 is 0 Å². The van der Waals surface area contributed by atoms with Crippen LogP contribution in [0.3, 0.4) is 0 Å². The molecule has 3 nitrogen and oxygen atoms in total. The largest absolute Gasteiger partial charge is 0.416 e. The van der Waals surface area contributed by atoms with Crippen LogP contribution in [0.2, 0.25) is 0 Å². The van der Waals surface area contributed by atoms with Crippen molar-refractivity contribution in [3.05, 3.63) is 66.5 Å². The van der Waals surface area contributed by atoms with Gasteiger partial charge in [-0.05, 0) is 17.7 Å². The fourth-order valence-corrected chi connectivity index (χ4v) is 3.61. The summed E-state index contributed by atoms with van der Waals surface area (Å²) < 4.78 is 40.0. The van der Waals surface area contributed by atoms with Crippen LogP contribution >= 0.6 is 11.3 Å². The fourth-order valence-electron chi connectivity index (χ4n) is 2.55. The SMILES string of the molecule is FC(F)(F)c1ccc(-c2sc3ncnn3c2-c2ccccc2)cc1. The van der Waals surface area contributed by atoms with Crippen LogP contribution in [0.15, 0.2) is 60.9 Å². The Morgan fingerprint density at radius 3 is 2.25 bits per heavy atom. The summed E-state index contributed by atoms with van der Waals surface area (Å²) in [4.78, 5) is 5.73. The molecule has 0 spiro atoms. The number of thiazole rings is 1. The Labute approximate surface area is 139 Å². The lowest BCUT2D eigenvalue weighted by molar-refractivity contribution is -0.137. The maximum atomic E-state index is 12.8. The monoisotopic (exact) mass is 345 g/mol. The maximum Gasteiger partial charge on any atom is 0.416 e. The number of nitrogens with zero attached hydrogens (tertiary/aromatic N) is 3. The summed E-state index contributed by atoms with van der Waals surface area (Å²) in [6, 6.07) is 14.8. The van der Waals surface area contributed by atoms with Gasteiger partial charge in [-0.2, -0.15) is 18.3 Å². The van der Waals surface area contributed by atoms with E-state index in [9.17, 15) is 13.2 Å². The van der Waals surface area contributed by atoms with Gasteiger partial charge in [-0.15, -0.1) is 0 Å². The summed E-state index contributed by atoms with van der Waals surface area (Å²) >= 11 is 1.40. The summed E-state index contributed by atoms with van der Waals surface area (Å²) in [7, 11) is 0. The minimum absolute atomic E-state index is 0.660. The fraction of sp³-hybridized carbons (Fsp3) is 0.0588. The number of alkyl halides is 3. The second-order valence-electron chi connectivity index (χ2n) is 5.18. The van der Waals surface area contributed by atoms with Crippen LogP contribution in [0.4, 0.5) is 13.2 Å². The van der Waals surface area contributed by atoms with E-state index in [1.165, 1.54) is 29.8 Å². The molecule has 120 valence electrons. The van der Waals surface area contributed by atoms with Gasteiger partial charge in [0.2, 0.25) is 4.96 Å². The van der Waals surface area contributed by atoms with Crippen molar-refractivity contribution in [3.63, 3.8) is 0 Å². The summed E-state index contributed by atoms with van der Waals surface area (Å²) in [6.45, 7) is 0. The molecule has 0 aliphatic carbocycles. The lowest BCUT2D eigenvalue weighted by Gasteiger charge is -2.08. The minimum atomic E-state index is -4.34. The molecule has 0 fully saturated rings. The summed E-state index contributed by atoms with van der Waals surface area (Å²) in [5.74, 6) is 0. The molecule has 2 aromatic carbocycles. The normalized spacial score (nSPS) is 12.0. The summed E-state index contributed by atoms with van der Waals surface area (Å²) in [6.07, 6.45) is -2.87. The number of hydrogen-bond acceptors (Lipinski definition) is 3. The molecule has 0 aliphatic rings. The number of rotatable bonds is 2. The van der Waals surface area contributed by atoms with Gasteiger partial charge in [0.25, 0.3) is 0 Å². The molecule has 0 saturated heterocycles. The van der Waals surface area contributed by atoms with Gasteiger partial charge in [-0.25, -0.2) is 9.50 Å². The molecular formula is C17H10F3N3S. The van der Waals surface area contributed by atoms with E-state index < -0.39 is 11.7 Å².